The van der Waals surface area contributed by atoms with Gasteiger partial charge in [-0.1, -0.05) is 23.7 Å². The highest BCUT2D eigenvalue weighted by atomic mass is 35.5. The topological polar surface area (TPSA) is 87.0 Å². The second kappa shape index (κ2) is 8.51. The summed E-state index contributed by atoms with van der Waals surface area (Å²) in [6, 6.07) is 12.5. The molecule has 0 spiro atoms. The highest BCUT2D eigenvalue weighted by molar-refractivity contribution is 6.30. The van der Waals surface area contributed by atoms with Gasteiger partial charge in [0.15, 0.2) is 0 Å². The number of aromatic nitrogens is 4. The fourth-order valence-electron chi connectivity index (χ4n) is 3.57. The first kappa shape index (κ1) is 21.6. The van der Waals surface area contributed by atoms with Crippen LogP contribution in [0.2, 0.25) is 5.02 Å². The minimum absolute atomic E-state index is 0.122. The lowest BCUT2D eigenvalue weighted by Gasteiger charge is -2.26. The summed E-state index contributed by atoms with van der Waals surface area (Å²) in [6.45, 7) is 4.97. The summed E-state index contributed by atoms with van der Waals surface area (Å²) in [5.74, 6) is 0.00539. The molecule has 0 aliphatic rings. The minimum atomic E-state index is -0.923. The van der Waals surface area contributed by atoms with Gasteiger partial charge in [0.1, 0.15) is 11.4 Å². The molecule has 0 aliphatic heterocycles. The Kier molecular flexibility index (Phi) is 5.76. The Bertz CT molecular complexity index is 1350. The average Bonchev–Trinajstić information content (AvgIpc) is 2.75. The Morgan fingerprint density at radius 3 is 2.53 bits per heavy atom. The van der Waals surface area contributed by atoms with Gasteiger partial charge in [-0.15, -0.1) is 0 Å². The Morgan fingerprint density at radius 1 is 1.12 bits per heavy atom. The van der Waals surface area contributed by atoms with Crippen molar-refractivity contribution in [1.82, 2.24) is 19.5 Å². The lowest BCUT2D eigenvalue weighted by Crippen LogP contribution is -2.37. The van der Waals surface area contributed by atoms with Crippen LogP contribution in [-0.2, 0) is 16.1 Å². The van der Waals surface area contributed by atoms with Crippen molar-refractivity contribution < 1.29 is 9.53 Å². The smallest absolute Gasteiger partial charge is 0.303 e. The van der Waals surface area contributed by atoms with Crippen LogP contribution in [0.25, 0.3) is 33.5 Å². The molecule has 4 aromatic rings. The predicted molar refractivity (Wildman–Crippen MR) is 123 cm³/mol. The molecule has 0 radical (unpaired) electrons. The molecule has 4 rings (SSSR count). The Morgan fingerprint density at radius 2 is 1.88 bits per heavy atom. The van der Waals surface area contributed by atoms with Gasteiger partial charge in [0.25, 0.3) is 5.56 Å². The SMILES string of the molecule is CC(=O)OC(C)(C)Cn1c(-c2cccnc2)nc2cnc(-c3ccc(Cl)cc3)cc2c1=O. The van der Waals surface area contributed by atoms with E-state index in [4.69, 9.17) is 21.3 Å². The van der Waals surface area contributed by atoms with Crippen LogP contribution in [0, 0.1) is 0 Å². The van der Waals surface area contributed by atoms with Gasteiger partial charge in [0.05, 0.1) is 29.3 Å². The summed E-state index contributed by atoms with van der Waals surface area (Å²) < 4.78 is 6.96. The van der Waals surface area contributed by atoms with E-state index in [0.29, 0.717) is 33.0 Å². The molecule has 1 aromatic carbocycles. The molecule has 8 heteroatoms. The number of benzene rings is 1. The zero-order chi connectivity index (χ0) is 22.9. The molecule has 0 fully saturated rings. The lowest BCUT2D eigenvalue weighted by molar-refractivity contribution is -0.154. The monoisotopic (exact) mass is 448 g/mol. The minimum Gasteiger partial charge on any atom is -0.458 e. The maximum Gasteiger partial charge on any atom is 0.303 e. The Labute approximate surface area is 189 Å². The number of carbonyl (C=O) groups is 1. The highest BCUT2D eigenvalue weighted by Crippen LogP contribution is 2.25. The molecular weight excluding hydrogens is 428 g/mol. The van der Waals surface area contributed by atoms with E-state index in [2.05, 4.69) is 9.97 Å². The number of hydrogen-bond donors (Lipinski definition) is 0. The zero-order valence-corrected chi connectivity index (χ0v) is 18.6. The van der Waals surface area contributed by atoms with E-state index < -0.39 is 11.6 Å². The van der Waals surface area contributed by atoms with Crippen molar-refractivity contribution in [3.05, 3.63) is 76.4 Å². The van der Waals surface area contributed by atoms with Crippen LogP contribution in [0.3, 0.4) is 0 Å². The molecule has 0 amide bonds. The largest absolute Gasteiger partial charge is 0.458 e. The van der Waals surface area contributed by atoms with E-state index >= 15 is 0 Å². The van der Waals surface area contributed by atoms with E-state index in [1.807, 2.05) is 18.2 Å². The first-order valence-electron chi connectivity index (χ1n) is 10.00. The number of fused-ring (bicyclic) bond motifs is 1. The van der Waals surface area contributed by atoms with Gasteiger partial charge in [-0.25, -0.2) is 4.98 Å². The Hall–Kier alpha value is -3.58. The van der Waals surface area contributed by atoms with Crippen LogP contribution in [0.1, 0.15) is 20.8 Å². The number of pyridine rings is 2. The van der Waals surface area contributed by atoms with Crippen LogP contribution in [0.15, 0.2) is 65.8 Å². The molecule has 0 atom stereocenters. The van der Waals surface area contributed by atoms with E-state index in [1.165, 1.54) is 11.5 Å². The number of carbonyl (C=O) groups excluding carboxylic acids is 1. The fourth-order valence-corrected chi connectivity index (χ4v) is 3.69. The summed E-state index contributed by atoms with van der Waals surface area (Å²) in [5.41, 5.74) is 1.42. The van der Waals surface area contributed by atoms with Crippen molar-refractivity contribution >= 4 is 28.5 Å². The van der Waals surface area contributed by atoms with Crippen LogP contribution >= 0.6 is 11.6 Å². The second-order valence-corrected chi connectivity index (χ2v) is 8.45. The van der Waals surface area contributed by atoms with Crippen LogP contribution in [0.4, 0.5) is 0 Å². The van der Waals surface area contributed by atoms with Crippen molar-refractivity contribution in [2.24, 2.45) is 0 Å². The summed E-state index contributed by atoms with van der Waals surface area (Å²) >= 11 is 5.99. The van der Waals surface area contributed by atoms with Gasteiger partial charge in [-0.3, -0.25) is 24.1 Å². The molecule has 0 N–H and O–H groups in total. The summed E-state index contributed by atoms with van der Waals surface area (Å²) in [4.78, 5) is 38.6. The number of halogens is 1. The maximum absolute atomic E-state index is 13.6. The fraction of sp³-hybridized carbons (Fsp3) is 0.208. The van der Waals surface area contributed by atoms with Gasteiger partial charge in [0.2, 0.25) is 0 Å². The van der Waals surface area contributed by atoms with Crippen molar-refractivity contribution in [2.45, 2.75) is 32.9 Å². The third kappa shape index (κ3) is 4.53. The molecule has 0 saturated carbocycles. The van der Waals surface area contributed by atoms with Crippen molar-refractivity contribution in [1.29, 1.82) is 0 Å². The Balaban J connectivity index is 1.92. The quantitative estimate of drug-likeness (QED) is 0.417. The number of ether oxygens (including phenoxy) is 1. The van der Waals surface area contributed by atoms with Crippen LogP contribution in [0.5, 0.6) is 0 Å². The molecule has 3 heterocycles. The molecule has 0 bridgehead atoms. The van der Waals surface area contributed by atoms with E-state index in [9.17, 15) is 9.59 Å². The third-order valence-electron chi connectivity index (χ3n) is 4.86. The number of esters is 1. The van der Waals surface area contributed by atoms with Gasteiger partial charge in [-0.2, -0.15) is 0 Å². The average molecular weight is 449 g/mol. The van der Waals surface area contributed by atoms with Gasteiger partial charge in [-0.05, 0) is 44.2 Å². The summed E-state index contributed by atoms with van der Waals surface area (Å²) in [5, 5.41) is 1.03. The molecule has 7 nitrogen and oxygen atoms in total. The van der Waals surface area contributed by atoms with Gasteiger partial charge < -0.3 is 4.74 Å². The maximum atomic E-state index is 13.6. The lowest BCUT2D eigenvalue weighted by atomic mass is 10.1. The standard InChI is InChI=1S/C24H21ClN4O3/c1-15(30)32-24(2,3)14-29-22(17-5-4-10-26-12-17)28-21-13-27-20(11-19(21)23(29)31)16-6-8-18(25)9-7-16/h4-13H,14H2,1-3H3. The summed E-state index contributed by atoms with van der Waals surface area (Å²) in [7, 11) is 0. The molecule has 162 valence electrons. The van der Waals surface area contributed by atoms with Crippen LogP contribution < -0.4 is 5.56 Å². The van der Waals surface area contributed by atoms with Crippen molar-refractivity contribution in [3.63, 3.8) is 0 Å². The highest BCUT2D eigenvalue weighted by Gasteiger charge is 2.26. The molecule has 3 aromatic heterocycles. The number of hydrogen-bond acceptors (Lipinski definition) is 6. The molecule has 0 saturated heterocycles. The van der Waals surface area contributed by atoms with E-state index in [1.54, 1.807) is 56.7 Å². The second-order valence-electron chi connectivity index (χ2n) is 8.02. The first-order chi connectivity index (χ1) is 15.2. The van der Waals surface area contributed by atoms with Crippen LogP contribution in [-0.4, -0.2) is 31.1 Å². The number of rotatable bonds is 5. The van der Waals surface area contributed by atoms with Crippen molar-refractivity contribution in [3.8, 4) is 22.6 Å². The van der Waals surface area contributed by atoms with E-state index in [-0.39, 0.29) is 12.1 Å². The predicted octanol–water partition coefficient (Wildman–Crippen LogP) is 4.52. The van der Waals surface area contributed by atoms with Gasteiger partial charge in [0, 0.05) is 35.5 Å². The number of nitrogens with zero attached hydrogens (tertiary/aromatic N) is 4. The molecule has 0 unspecified atom stereocenters. The molecule has 0 aliphatic carbocycles. The molecule has 32 heavy (non-hydrogen) atoms. The molecular formula is C24H21ClN4O3. The van der Waals surface area contributed by atoms with Crippen molar-refractivity contribution in [2.75, 3.05) is 0 Å². The first-order valence-corrected chi connectivity index (χ1v) is 10.4. The summed E-state index contributed by atoms with van der Waals surface area (Å²) in [6.07, 6.45) is 4.87. The normalized spacial score (nSPS) is 11.5. The zero-order valence-electron chi connectivity index (χ0n) is 17.9. The van der Waals surface area contributed by atoms with Gasteiger partial charge >= 0.3 is 5.97 Å². The van der Waals surface area contributed by atoms with E-state index in [0.717, 1.165) is 5.56 Å². The third-order valence-corrected chi connectivity index (χ3v) is 5.11.